The topological polar surface area (TPSA) is 63.4 Å². The van der Waals surface area contributed by atoms with Crippen molar-refractivity contribution in [1.29, 1.82) is 0 Å². The van der Waals surface area contributed by atoms with Crippen LogP contribution in [-0.2, 0) is 9.59 Å². The van der Waals surface area contributed by atoms with E-state index in [1.807, 2.05) is 6.92 Å². The standard InChI is InChI=1S/C12H13FN2O2/c1-7-4-11(16)15(12(17)5-7)8-2-3-10(14)9(13)6-8/h2-3,6-7H,4-5,14H2,1H3. The first-order chi connectivity index (χ1) is 7.99. The van der Waals surface area contributed by atoms with Gasteiger partial charge < -0.3 is 5.73 Å². The van der Waals surface area contributed by atoms with Gasteiger partial charge in [0.25, 0.3) is 0 Å². The van der Waals surface area contributed by atoms with Gasteiger partial charge in [0.2, 0.25) is 11.8 Å². The number of imide groups is 1. The highest BCUT2D eigenvalue weighted by atomic mass is 19.1. The second kappa shape index (κ2) is 4.16. The van der Waals surface area contributed by atoms with Crippen molar-refractivity contribution < 1.29 is 14.0 Å². The first-order valence-electron chi connectivity index (χ1n) is 5.40. The monoisotopic (exact) mass is 236 g/mol. The molecule has 4 nitrogen and oxygen atoms in total. The number of piperidine rings is 1. The summed E-state index contributed by atoms with van der Waals surface area (Å²) in [5.74, 6) is -1.16. The van der Waals surface area contributed by atoms with E-state index in [0.717, 1.165) is 11.0 Å². The van der Waals surface area contributed by atoms with E-state index in [9.17, 15) is 14.0 Å². The van der Waals surface area contributed by atoms with E-state index in [1.165, 1.54) is 12.1 Å². The molecule has 1 aromatic rings. The summed E-state index contributed by atoms with van der Waals surface area (Å²) >= 11 is 0. The molecule has 0 atom stereocenters. The fourth-order valence-electron chi connectivity index (χ4n) is 1.93. The van der Waals surface area contributed by atoms with Crippen LogP contribution in [0.25, 0.3) is 0 Å². The second-order valence-corrected chi connectivity index (χ2v) is 4.34. The fraction of sp³-hybridized carbons (Fsp3) is 0.333. The van der Waals surface area contributed by atoms with Crippen molar-refractivity contribution >= 4 is 23.2 Å². The molecule has 1 fully saturated rings. The molecule has 0 radical (unpaired) electrons. The Balaban J connectivity index is 2.35. The molecule has 1 aliphatic heterocycles. The summed E-state index contributed by atoms with van der Waals surface area (Å²) in [6.45, 7) is 1.84. The number of anilines is 2. The second-order valence-electron chi connectivity index (χ2n) is 4.34. The van der Waals surface area contributed by atoms with E-state index < -0.39 is 5.82 Å². The average molecular weight is 236 g/mol. The summed E-state index contributed by atoms with van der Waals surface area (Å²) in [4.78, 5) is 24.6. The third-order valence-electron chi connectivity index (χ3n) is 2.79. The molecule has 2 amide bonds. The highest BCUT2D eigenvalue weighted by Crippen LogP contribution is 2.27. The number of carbonyl (C=O) groups is 2. The van der Waals surface area contributed by atoms with Gasteiger partial charge in [0.1, 0.15) is 5.82 Å². The summed E-state index contributed by atoms with van der Waals surface area (Å²) in [5, 5.41) is 0. The molecule has 0 spiro atoms. The number of carbonyl (C=O) groups excluding carboxylic acids is 2. The number of nitrogens with zero attached hydrogens (tertiary/aromatic N) is 1. The van der Waals surface area contributed by atoms with Crippen molar-refractivity contribution in [2.75, 3.05) is 10.6 Å². The predicted molar refractivity (Wildman–Crippen MR) is 61.7 cm³/mol. The van der Waals surface area contributed by atoms with E-state index in [2.05, 4.69) is 0 Å². The Kier molecular flexibility index (Phi) is 2.83. The van der Waals surface area contributed by atoms with Crippen LogP contribution >= 0.6 is 0 Å². The van der Waals surface area contributed by atoms with Gasteiger partial charge in [-0.2, -0.15) is 0 Å². The zero-order valence-corrected chi connectivity index (χ0v) is 9.44. The molecular formula is C12H13FN2O2. The Morgan fingerprint density at radius 1 is 1.29 bits per heavy atom. The molecule has 0 bridgehead atoms. The number of nitrogens with two attached hydrogens (primary N) is 1. The van der Waals surface area contributed by atoms with Crippen LogP contribution in [0.5, 0.6) is 0 Å². The van der Waals surface area contributed by atoms with E-state index in [0.29, 0.717) is 12.8 Å². The maximum absolute atomic E-state index is 13.3. The Labute approximate surface area is 98.2 Å². The Morgan fingerprint density at radius 2 is 1.88 bits per heavy atom. The van der Waals surface area contributed by atoms with Crippen LogP contribution in [0.2, 0.25) is 0 Å². The first-order valence-corrected chi connectivity index (χ1v) is 5.40. The van der Waals surface area contributed by atoms with Crippen LogP contribution in [0.3, 0.4) is 0 Å². The number of amides is 2. The van der Waals surface area contributed by atoms with Crippen LogP contribution in [0.15, 0.2) is 18.2 Å². The Bertz CT molecular complexity index is 469. The number of hydrogen-bond donors (Lipinski definition) is 1. The molecule has 90 valence electrons. The third kappa shape index (κ3) is 2.13. The molecule has 5 heteroatoms. The van der Waals surface area contributed by atoms with Crippen LogP contribution in [0, 0.1) is 11.7 Å². The van der Waals surface area contributed by atoms with E-state index in [1.54, 1.807) is 0 Å². The lowest BCUT2D eigenvalue weighted by Crippen LogP contribution is -2.42. The SMILES string of the molecule is CC1CC(=O)N(c2ccc(N)c(F)c2)C(=O)C1. The quantitative estimate of drug-likeness (QED) is 0.596. The van der Waals surface area contributed by atoms with Gasteiger partial charge in [-0.15, -0.1) is 0 Å². The molecule has 0 aliphatic carbocycles. The van der Waals surface area contributed by atoms with Gasteiger partial charge in [-0.3, -0.25) is 14.5 Å². The smallest absolute Gasteiger partial charge is 0.234 e. The highest BCUT2D eigenvalue weighted by Gasteiger charge is 2.31. The van der Waals surface area contributed by atoms with Gasteiger partial charge in [-0.1, -0.05) is 6.92 Å². The van der Waals surface area contributed by atoms with Gasteiger partial charge >= 0.3 is 0 Å². The van der Waals surface area contributed by atoms with Crippen molar-refractivity contribution in [2.45, 2.75) is 19.8 Å². The molecule has 0 saturated carbocycles. The molecule has 0 unspecified atom stereocenters. The number of benzene rings is 1. The molecule has 1 heterocycles. The number of hydrogen-bond acceptors (Lipinski definition) is 3. The highest BCUT2D eigenvalue weighted by molar-refractivity contribution is 6.16. The van der Waals surface area contributed by atoms with Crippen molar-refractivity contribution in [2.24, 2.45) is 5.92 Å². The number of rotatable bonds is 1. The van der Waals surface area contributed by atoms with Crippen LogP contribution in [0.4, 0.5) is 15.8 Å². The molecule has 0 aromatic heterocycles. The van der Waals surface area contributed by atoms with E-state index >= 15 is 0 Å². The minimum absolute atomic E-state index is 0.000902. The average Bonchev–Trinajstić information content (AvgIpc) is 2.21. The van der Waals surface area contributed by atoms with Crippen molar-refractivity contribution in [1.82, 2.24) is 0 Å². The summed E-state index contributed by atoms with van der Waals surface area (Å²) in [6.07, 6.45) is 0.607. The lowest BCUT2D eigenvalue weighted by Gasteiger charge is -2.28. The van der Waals surface area contributed by atoms with Crippen molar-refractivity contribution in [3.8, 4) is 0 Å². The van der Waals surface area contributed by atoms with Crippen molar-refractivity contribution in [3.63, 3.8) is 0 Å². The molecular weight excluding hydrogens is 223 g/mol. The largest absolute Gasteiger partial charge is 0.396 e. The summed E-state index contributed by atoms with van der Waals surface area (Å²) in [5.41, 5.74) is 5.59. The lowest BCUT2D eigenvalue weighted by molar-refractivity contribution is -0.130. The normalized spacial score (nSPS) is 17.6. The minimum atomic E-state index is -0.623. The van der Waals surface area contributed by atoms with Gasteiger partial charge in [0, 0.05) is 18.9 Å². The Hall–Kier alpha value is -1.91. The number of halogens is 1. The lowest BCUT2D eigenvalue weighted by atomic mass is 9.97. The molecule has 2 rings (SSSR count). The molecule has 1 saturated heterocycles. The van der Waals surface area contributed by atoms with Crippen LogP contribution in [-0.4, -0.2) is 11.8 Å². The predicted octanol–water partition coefficient (Wildman–Crippen LogP) is 1.70. The molecule has 1 aliphatic rings. The van der Waals surface area contributed by atoms with Crippen LogP contribution < -0.4 is 10.6 Å². The summed E-state index contributed by atoms with van der Waals surface area (Å²) in [6, 6.07) is 3.94. The maximum Gasteiger partial charge on any atom is 0.234 e. The zero-order valence-electron chi connectivity index (χ0n) is 9.44. The fourth-order valence-corrected chi connectivity index (χ4v) is 1.93. The van der Waals surface area contributed by atoms with Crippen molar-refractivity contribution in [3.05, 3.63) is 24.0 Å². The van der Waals surface area contributed by atoms with E-state index in [-0.39, 0.29) is 29.1 Å². The minimum Gasteiger partial charge on any atom is -0.396 e. The first kappa shape index (κ1) is 11.6. The summed E-state index contributed by atoms with van der Waals surface area (Å²) < 4.78 is 13.3. The maximum atomic E-state index is 13.3. The third-order valence-corrected chi connectivity index (χ3v) is 2.79. The number of nitrogen functional groups attached to an aromatic ring is 1. The van der Waals surface area contributed by atoms with Gasteiger partial charge in [-0.05, 0) is 18.1 Å². The molecule has 2 N–H and O–H groups in total. The molecule has 17 heavy (non-hydrogen) atoms. The van der Waals surface area contributed by atoms with Gasteiger partial charge in [-0.25, -0.2) is 4.39 Å². The van der Waals surface area contributed by atoms with E-state index in [4.69, 9.17) is 5.73 Å². The van der Waals surface area contributed by atoms with Gasteiger partial charge in [0.15, 0.2) is 0 Å². The zero-order chi connectivity index (χ0) is 12.6. The summed E-state index contributed by atoms with van der Waals surface area (Å²) in [7, 11) is 0. The Morgan fingerprint density at radius 3 is 2.41 bits per heavy atom. The van der Waals surface area contributed by atoms with Gasteiger partial charge in [0.05, 0.1) is 11.4 Å². The van der Waals surface area contributed by atoms with Crippen LogP contribution in [0.1, 0.15) is 19.8 Å². The molecule has 1 aromatic carbocycles.